The van der Waals surface area contributed by atoms with Crippen LogP contribution in [-0.4, -0.2) is 27.5 Å². The van der Waals surface area contributed by atoms with Gasteiger partial charge in [-0.05, 0) is 43.7 Å². The van der Waals surface area contributed by atoms with Crippen molar-refractivity contribution in [3.05, 3.63) is 81.3 Å². The number of nitro groups is 1. The van der Waals surface area contributed by atoms with Crippen molar-refractivity contribution in [2.45, 2.75) is 31.5 Å². The molecule has 1 unspecified atom stereocenters. The number of carbonyl (C=O) groups excluding carboxylic acids is 2. The van der Waals surface area contributed by atoms with Gasteiger partial charge in [0.15, 0.2) is 4.90 Å². The van der Waals surface area contributed by atoms with Gasteiger partial charge in [-0.25, -0.2) is 9.59 Å². The van der Waals surface area contributed by atoms with E-state index < -0.39 is 34.1 Å². The van der Waals surface area contributed by atoms with Gasteiger partial charge in [0, 0.05) is 23.3 Å². The number of nitro benzene ring substituents is 1. The Kier molecular flexibility index (Phi) is 7.93. The summed E-state index contributed by atoms with van der Waals surface area (Å²) in [6.45, 7) is 3.10. The third-order valence-electron chi connectivity index (χ3n) is 3.48. The van der Waals surface area contributed by atoms with Gasteiger partial charge in [0.2, 0.25) is 0 Å². The summed E-state index contributed by atoms with van der Waals surface area (Å²) < 4.78 is 22.9. The van der Waals surface area contributed by atoms with Crippen molar-refractivity contribution in [1.82, 2.24) is 0 Å². The molecule has 8 nitrogen and oxygen atoms in total. The summed E-state index contributed by atoms with van der Waals surface area (Å²) in [4.78, 5) is 34.6. The molecule has 0 radical (unpaired) electrons. The first kappa shape index (κ1) is 22.1. The first-order valence-electron chi connectivity index (χ1n) is 8.57. The molecule has 0 aliphatic heterocycles. The lowest BCUT2D eigenvalue weighted by Crippen LogP contribution is -2.21. The number of rotatable bonds is 8. The maximum atomic E-state index is 12.7. The zero-order valence-corrected chi connectivity index (χ0v) is 16.6. The SMILES string of the molecule is CC(C)OC(=O)/C(=C\C(=O)OCc1ccc([N+](=O)[O-])cc1)[S+]([O-])c1ccccc1. The molecular weight excluding hydrogens is 398 g/mol. The van der Waals surface area contributed by atoms with Crippen LogP contribution in [0, 0.1) is 10.1 Å². The molecule has 0 spiro atoms. The summed E-state index contributed by atoms with van der Waals surface area (Å²) in [5.74, 6) is -1.77. The van der Waals surface area contributed by atoms with E-state index in [1.54, 1.807) is 44.2 Å². The molecule has 0 saturated carbocycles. The molecule has 0 heterocycles. The third-order valence-corrected chi connectivity index (χ3v) is 4.86. The van der Waals surface area contributed by atoms with Crippen LogP contribution < -0.4 is 0 Å². The van der Waals surface area contributed by atoms with Crippen LogP contribution in [0.2, 0.25) is 0 Å². The molecule has 2 rings (SSSR count). The predicted molar refractivity (Wildman–Crippen MR) is 105 cm³/mol. The minimum Gasteiger partial charge on any atom is -0.606 e. The predicted octanol–water partition coefficient (Wildman–Crippen LogP) is 3.28. The van der Waals surface area contributed by atoms with Crippen molar-refractivity contribution < 1.29 is 28.5 Å². The highest BCUT2D eigenvalue weighted by Gasteiger charge is 2.29. The second-order valence-corrected chi connectivity index (χ2v) is 7.52. The van der Waals surface area contributed by atoms with Gasteiger partial charge in [-0.15, -0.1) is 0 Å². The number of nitrogens with zero attached hydrogens (tertiary/aromatic N) is 1. The molecule has 0 aliphatic carbocycles. The van der Waals surface area contributed by atoms with E-state index in [2.05, 4.69) is 0 Å². The van der Waals surface area contributed by atoms with Crippen molar-refractivity contribution in [2.75, 3.05) is 0 Å². The molecule has 0 amide bonds. The van der Waals surface area contributed by atoms with E-state index in [9.17, 15) is 24.3 Å². The Morgan fingerprint density at radius 3 is 2.28 bits per heavy atom. The summed E-state index contributed by atoms with van der Waals surface area (Å²) in [5.41, 5.74) is 0.435. The Balaban J connectivity index is 2.14. The Morgan fingerprint density at radius 2 is 1.72 bits per heavy atom. The molecule has 0 aliphatic rings. The fourth-order valence-electron chi connectivity index (χ4n) is 2.15. The normalized spacial score (nSPS) is 12.3. The van der Waals surface area contributed by atoms with Crippen LogP contribution in [0.5, 0.6) is 0 Å². The van der Waals surface area contributed by atoms with E-state index in [0.29, 0.717) is 10.5 Å². The largest absolute Gasteiger partial charge is 0.606 e. The van der Waals surface area contributed by atoms with Crippen LogP contribution >= 0.6 is 0 Å². The van der Waals surface area contributed by atoms with E-state index in [1.165, 1.54) is 24.3 Å². The van der Waals surface area contributed by atoms with E-state index in [0.717, 1.165) is 6.08 Å². The molecule has 152 valence electrons. The molecule has 2 aromatic rings. The first-order valence-corrected chi connectivity index (χ1v) is 9.72. The minimum atomic E-state index is -1.93. The third kappa shape index (κ3) is 6.74. The lowest BCUT2D eigenvalue weighted by atomic mass is 10.2. The lowest BCUT2D eigenvalue weighted by molar-refractivity contribution is -0.384. The molecule has 0 saturated heterocycles. The monoisotopic (exact) mass is 417 g/mol. The summed E-state index contributed by atoms with van der Waals surface area (Å²) >= 11 is -1.93. The van der Waals surface area contributed by atoms with Gasteiger partial charge in [0.1, 0.15) is 6.61 Å². The van der Waals surface area contributed by atoms with E-state index in [1.807, 2.05) is 0 Å². The molecule has 9 heteroatoms. The van der Waals surface area contributed by atoms with E-state index in [4.69, 9.17) is 9.47 Å². The highest BCUT2D eigenvalue weighted by Crippen LogP contribution is 2.21. The zero-order chi connectivity index (χ0) is 21.4. The van der Waals surface area contributed by atoms with Gasteiger partial charge in [0.05, 0.1) is 17.1 Å². The van der Waals surface area contributed by atoms with Gasteiger partial charge in [0.25, 0.3) is 10.6 Å². The van der Waals surface area contributed by atoms with Gasteiger partial charge >= 0.3 is 11.9 Å². The van der Waals surface area contributed by atoms with Gasteiger partial charge < -0.3 is 14.0 Å². The fourth-order valence-corrected chi connectivity index (χ4v) is 3.21. The smallest absolute Gasteiger partial charge is 0.387 e. The van der Waals surface area contributed by atoms with E-state index >= 15 is 0 Å². The highest BCUT2D eigenvalue weighted by atomic mass is 32.2. The molecular formula is C20H19NO7S. The number of carbonyl (C=O) groups is 2. The summed E-state index contributed by atoms with van der Waals surface area (Å²) in [6.07, 6.45) is 0.383. The molecule has 0 N–H and O–H groups in total. The van der Waals surface area contributed by atoms with Gasteiger partial charge in [-0.1, -0.05) is 18.2 Å². The Hall–Kier alpha value is -3.17. The molecule has 29 heavy (non-hydrogen) atoms. The average molecular weight is 417 g/mol. The number of ether oxygens (including phenoxy) is 2. The van der Waals surface area contributed by atoms with Crippen LogP contribution in [0.1, 0.15) is 19.4 Å². The number of non-ortho nitro benzene ring substituents is 1. The van der Waals surface area contributed by atoms with Crippen molar-refractivity contribution in [3.8, 4) is 0 Å². The Bertz CT molecular complexity index is 895. The fraction of sp³-hybridized carbons (Fsp3) is 0.200. The van der Waals surface area contributed by atoms with E-state index in [-0.39, 0.29) is 17.2 Å². The number of hydrogen-bond donors (Lipinski definition) is 0. The second kappa shape index (κ2) is 10.4. The van der Waals surface area contributed by atoms with Crippen molar-refractivity contribution >= 4 is 28.8 Å². The summed E-state index contributed by atoms with van der Waals surface area (Å²) in [5, 5.41) is 10.7. The van der Waals surface area contributed by atoms with Gasteiger partial charge in [-0.2, -0.15) is 0 Å². The highest BCUT2D eigenvalue weighted by molar-refractivity contribution is 7.96. The second-order valence-electron chi connectivity index (χ2n) is 6.08. The number of hydrogen-bond acceptors (Lipinski definition) is 7. The first-order chi connectivity index (χ1) is 13.8. The molecule has 2 aromatic carbocycles. The number of benzene rings is 2. The Labute approximate surface area is 170 Å². The summed E-state index contributed by atoms with van der Waals surface area (Å²) in [7, 11) is 0. The summed E-state index contributed by atoms with van der Waals surface area (Å²) in [6, 6.07) is 13.6. The van der Waals surface area contributed by atoms with Crippen molar-refractivity contribution in [1.29, 1.82) is 0 Å². The molecule has 0 aromatic heterocycles. The van der Waals surface area contributed by atoms with Crippen LogP contribution in [0.4, 0.5) is 5.69 Å². The van der Waals surface area contributed by atoms with Crippen molar-refractivity contribution in [2.24, 2.45) is 0 Å². The van der Waals surface area contributed by atoms with Crippen LogP contribution in [0.25, 0.3) is 0 Å². The van der Waals surface area contributed by atoms with Crippen LogP contribution in [0.15, 0.2) is 70.5 Å². The molecule has 1 atom stereocenters. The Morgan fingerprint density at radius 1 is 1.10 bits per heavy atom. The number of esters is 2. The van der Waals surface area contributed by atoms with Crippen LogP contribution in [-0.2, 0) is 36.8 Å². The molecule has 0 fully saturated rings. The topological polar surface area (TPSA) is 119 Å². The molecule has 0 bridgehead atoms. The lowest BCUT2D eigenvalue weighted by Gasteiger charge is -2.14. The maximum Gasteiger partial charge on any atom is 0.387 e. The zero-order valence-electron chi connectivity index (χ0n) is 15.8. The maximum absolute atomic E-state index is 12.7. The quantitative estimate of drug-likeness (QED) is 0.213. The minimum absolute atomic E-state index is 0.0862. The van der Waals surface area contributed by atoms with Crippen LogP contribution in [0.3, 0.4) is 0 Å². The standard InChI is InChI=1S/C20H19NO7S/c1-14(2)28-20(23)18(29(26)17-6-4-3-5-7-17)12-19(22)27-13-15-8-10-16(11-9-15)21(24)25/h3-12,14H,13H2,1-2H3/b18-12+. The van der Waals surface area contributed by atoms with Gasteiger partial charge in [-0.3, -0.25) is 10.1 Å². The van der Waals surface area contributed by atoms with Crippen molar-refractivity contribution in [3.63, 3.8) is 0 Å². The average Bonchev–Trinajstić information content (AvgIpc) is 2.70.